The number of ether oxygens (including phenoxy) is 2. The molecule has 33 heavy (non-hydrogen) atoms. The van der Waals surface area contributed by atoms with Crippen molar-refractivity contribution in [3.63, 3.8) is 0 Å². The SMILES string of the molecule is C=CCOc1ccc(C=c2sc3nc(=O)c(Cc4ccc(OCCC)cc4)nn3c2=O)cc1. The van der Waals surface area contributed by atoms with Gasteiger partial charge in [0, 0.05) is 6.42 Å². The van der Waals surface area contributed by atoms with Crippen LogP contribution in [0.5, 0.6) is 11.5 Å². The van der Waals surface area contributed by atoms with Crippen molar-refractivity contribution in [2.45, 2.75) is 19.8 Å². The number of benzene rings is 2. The van der Waals surface area contributed by atoms with E-state index in [1.54, 1.807) is 12.2 Å². The van der Waals surface area contributed by atoms with E-state index >= 15 is 0 Å². The summed E-state index contributed by atoms with van der Waals surface area (Å²) in [7, 11) is 0. The Morgan fingerprint density at radius 1 is 1.03 bits per heavy atom. The van der Waals surface area contributed by atoms with Crippen LogP contribution in [0.1, 0.15) is 30.2 Å². The van der Waals surface area contributed by atoms with Crippen molar-refractivity contribution in [2.75, 3.05) is 13.2 Å². The van der Waals surface area contributed by atoms with E-state index in [-0.39, 0.29) is 22.6 Å². The molecule has 0 aliphatic rings. The third kappa shape index (κ3) is 5.35. The summed E-state index contributed by atoms with van der Waals surface area (Å²) in [4.78, 5) is 29.8. The third-order valence-electron chi connectivity index (χ3n) is 4.76. The first-order valence-electron chi connectivity index (χ1n) is 10.6. The summed E-state index contributed by atoms with van der Waals surface area (Å²) in [5.74, 6) is 1.49. The van der Waals surface area contributed by atoms with Gasteiger partial charge in [0.15, 0.2) is 0 Å². The summed E-state index contributed by atoms with van der Waals surface area (Å²) in [5.41, 5.74) is 1.20. The molecule has 0 aliphatic carbocycles. The van der Waals surface area contributed by atoms with Gasteiger partial charge in [-0.1, -0.05) is 55.2 Å². The van der Waals surface area contributed by atoms with Crippen LogP contribution in [0.15, 0.2) is 70.8 Å². The Morgan fingerprint density at radius 3 is 2.42 bits per heavy atom. The van der Waals surface area contributed by atoms with Gasteiger partial charge in [-0.25, -0.2) is 0 Å². The van der Waals surface area contributed by atoms with Crippen LogP contribution in [0.3, 0.4) is 0 Å². The predicted octanol–water partition coefficient (Wildman–Crippen LogP) is 3.00. The van der Waals surface area contributed by atoms with Crippen LogP contribution in [-0.2, 0) is 6.42 Å². The first-order valence-corrected chi connectivity index (χ1v) is 11.4. The predicted molar refractivity (Wildman–Crippen MR) is 129 cm³/mol. The number of hydrogen-bond acceptors (Lipinski definition) is 7. The second kappa shape index (κ2) is 10.2. The molecular formula is C25H23N3O4S. The molecule has 0 saturated heterocycles. The van der Waals surface area contributed by atoms with E-state index < -0.39 is 5.56 Å². The van der Waals surface area contributed by atoms with E-state index in [1.165, 1.54) is 4.52 Å². The Hall–Kier alpha value is -3.78. The molecule has 4 aromatic rings. The highest BCUT2D eigenvalue weighted by Crippen LogP contribution is 2.15. The molecule has 0 fully saturated rings. The summed E-state index contributed by atoms with van der Waals surface area (Å²) in [6.07, 6.45) is 4.64. The molecule has 2 aromatic heterocycles. The van der Waals surface area contributed by atoms with Crippen LogP contribution >= 0.6 is 11.3 Å². The maximum absolute atomic E-state index is 12.9. The molecule has 168 valence electrons. The van der Waals surface area contributed by atoms with E-state index in [0.29, 0.717) is 23.5 Å². The molecule has 0 N–H and O–H groups in total. The molecule has 0 aliphatic heterocycles. The summed E-state index contributed by atoms with van der Waals surface area (Å²) in [6.45, 7) is 6.75. The van der Waals surface area contributed by atoms with Gasteiger partial charge >= 0.3 is 0 Å². The average molecular weight is 462 g/mol. The molecule has 0 amide bonds. The van der Waals surface area contributed by atoms with Crippen LogP contribution in [0.2, 0.25) is 0 Å². The Morgan fingerprint density at radius 2 is 1.73 bits per heavy atom. The van der Waals surface area contributed by atoms with Crippen LogP contribution < -0.4 is 25.1 Å². The quantitative estimate of drug-likeness (QED) is 0.357. The van der Waals surface area contributed by atoms with Crippen molar-refractivity contribution in [3.8, 4) is 11.5 Å². The lowest BCUT2D eigenvalue weighted by atomic mass is 10.1. The van der Waals surface area contributed by atoms with Crippen molar-refractivity contribution >= 4 is 22.4 Å². The van der Waals surface area contributed by atoms with Gasteiger partial charge in [0.05, 0.1) is 11.1 Å². The van der Waals surface area contributed by atoms with E-state index in [4.69, 9.17) is 9.47 Å². The summed E-state index contributed by atoms with van der Waals surface area (Å²) < 4.78 is 12.7. The Labute approximate surface area is 194 Å². The maximum Gasteiger partial charge on any atom is 0.296 e. The lowest BCUT2D eigenvalue weighted by Gasteiger charge is -2.05. The number of rotatable bonds is 9. The van der Waals surface area contributed by atoms with Crippen molar-refractivity contribution < 1.29 is 9.47 Å². The maximum atomic E-state index is 12.9. The smallest absolute Gasteiger partial charge is 0.296 e. The number of hydrogen-bond donors (Lipinski definition) is 0. The fourth-order valence-corrected chi connectivity index (χ4v) is 4.04. The highest BCUT2D eigenvalue weighted by Gasteiger charge is 2.12. The average Bonchev–Trinajstić information content (AvgIpc) is 3.12. The highest BCUT2D eigenvalue weighted by molar-refractivity contribution is 7.15. The van der Waals surface area contributed by atoms with Crippen molar-refractivity contribution in [3.05, 3.63) is 103 Å². The summed E-state index contributed by atoms with van der Waals surface area (Å²) in [6, 6.07) is 14.8. The van der Waals surface area contributed by atoms with Crippen molar-refractivity contribution in [1.82, 2.24) is 14.6 Å². The first kappa shape index (κ1) is 22.4. The lowest BCUT2D eigenvalue weighted by molar-refractivity contribution is 0.317. The van der Waals surface area contributed by atoms with E-state index in [2.05, 4.69) is 16.7 Å². The number of thiazole rings is 1. The fourth-order valence-electron chi connectivity index (χ4n) is 3.14. The number of fused-ring (bicyclic) bond motifs is 1. The Kier molecular flexibility index (Phi) is 6.95. The first-order chi connectivity index (χ1) is 16.1. The Balaban J connectivity index is 1.60. The van der Waals surface area contributed by atoms with Gasteiger partial charge in [-0.2, -0.15) is 14.6 Å². The topological polar surface area (TPSA) is 82.8 Å². The van der Waals surface area contributed by atoms with E-state index in [1.807, 2.05) is 55.5 Å². The van der Waals surface area contributed by atoms with Gasteiger partial charge in [0.1, 0.15) is 23.8 Å². The summed E-state index contributed by atoms with van der Waals surface area (Å²) in [5, 5.41) is 4.31. The molecule has 0 spiro atoms. The fraction of sp³-hybridized carbons (Fsp3) is 0.200. The van der Waals surface area contributed by atoms with Crippen molar-refractivity contribution in [2.24, 2.45) is 0 Å². The zero-order valence-corrected chi connectivity index (χ0v) is 19.0. The second-order valence-corrected chi connectivity index (χ2v) is 8.32. The zero-order valence-electron chi connectivity index (χ0n) is 18.2. The zero-order chi connectivity index (χ0) is 23.2. The molecule has 0 saturated carbocycles. The standard InChI is InChI=1S/C25H23N3O4S/c1-3-13-31-19-9-5-17(6-10-19)15-21-23(29)26-25-28(27-21)24(30)22(33-25)16-18-7-11-20(12-8-18)32-14-4-2/h4-12,16H,2-3,13-15H2,1H3. The molecule has 8 heteroatoms. The molecule has 7 nitrogen and oxygen atoms in total. The largest absolute Gasteiger partial charge is 0.494 e. The van der Waals surface area contributed by atoms with Crippen LogP contribution in [0.4, 0.5) is 0 Å². The van der Waals surface area contributed by atoms with Crippen molar-refractivity contribution in [1.29, 1.82) is 0 Å². The van der Waals surface area contributed by atoms with E-state index in [0.717, 1.165) is 34.6 Å². The van der Waals surface area contributed by atoms with Gasteiger partial charge < -0.3 is 9.47 Å². The van der Waals surface area contributed by atoms with Gasteiger partial charge in [0.2, 0.25) is 4.96 Å². The molecule has 2 heterocycles. The minimum atomic E-state index is -0.433. The number of aromatic nitrogens is 3. The number of nitrogens with zero attached hydrogens (tertiary/aromatic N) is 3. The third-order valence-corrected chi connectivity index (χ3v) is 5.72. The van der Waals surface area contributed by atoms with Gasteiger partial charge in [-0.05, 0) is 47.9 Å². The normalized spacial score (nSPS) is 11.6. The summed E-state index contributed by atoms with van der Waals surface area (Å²) >= 11 is 1.14. The Bertz CT molecular complexity index is 1420. The minimum absolute atomic E-state index is 0.222. The monoisotopic (exact) mass is 461 g/mol. The minimum Gasteiger partial charge on any atom is -0.494 e. The van der Waals surface area contributed by atoms with E-state index in [9.17, 15) is 9.59 Å². The molecule has 0 radical (unpaired) electrons. The molecule has 4 rings (SSSR count). The van der Waals surface area contributed by atoms with Gasteiger partial charge in [-0.3, -0.25) is 9.59 Å². The van der Waals surface area contributed by atoms with Crippen LogP contribution in [0, 0.1) is 0 Å². The molecule has 0 atom stereocenters. The molecule has 0 bridgehead atoms. The van der Waals surface area contributed by atoms with Crippen LogP contribution in [0.25, 0.3) is 11.0 Å². The second-order valence-electron chi connectivity index (χ2n) is 7.31. The van der Waals surface area contributed by atoms with Gasteiger partial charge in [-0.15, -0.1) is 0 Å². The molecule has 2 aromatic carbocycles. The lowest BCUT2D eigenvalue weighted by Crippen LogP contribution is -2.28. The highest BCUT2D eigenvalue weighted by atomic mass is 32.1. The molecular weight excluding hydrogens is 438 g/mol. The van der Waals surface area contributed by atoms with Crippen LogP contribution in [-0.4, -0.2) is 27.8 Å². The van der Waals surface area contributed by atoms with Gasteiger partial charge in [0.25, 0.3) is 11.1 Å². The molecule has 0 unspecified atom stereocenters.